The van der Waals surface area contributed by atoms with Gasteiger partial charge in [0.2, 0.25) is 0 Å². The van der Waals surface area contributed by atoms with Gasteiger partial charge in [-0.05, 0) is 93.5 Å². The number of rotatable bonds is 9. The largest absolute Gasteiger partial charge is 0.508 e. The van der Waals surface area contributed by atoms with Gasteiger partial charge in [-0.1, -0.05) is 140 Å². The zero-order valence-corrected chi connectivity index (χ0v) is 23.2. The van der Waals surface area contributed by atoms with E-state index in [1.54, 1.807) is 6.07 Å². The van der Waals surface area contributed by atoms with Crippen molar-refractivity contribution in [3.05, 3.63) is 196 Å². The Morgan fingerprint density at radius 1 is 0.366 bits per heavy atom. The molecule has 6 aromatic carbocycles. The van der Waals surface area contributed by atoms with Crippen LogP contribution in [0.2, 0.25) is 0 Å². The van der Waals surface area contributed by atoms with Crippen LogP contribution < -0.4 is 0 Å². The number of aromatic hydroxyl groups is 1. The van der Waals surface area contributed by atoms with Gasteiger partial charge < -0.3 is 5.11 Å². The molecule has 6 rings (SSSR count). The van der Waals surface area contributed by atoms with E-state index in [4.69, 9.17) is 0 Å². The molecule has 0 aliphatic heterocycles. The lowest BCUT2D eigenvalue weighted by atomic mass is 9.80. The first-order valence-corrected chi connectivity index (χ1v) is 14.3. The second-order valence-corrected chi connectivity index (χ2v) is 10.7. The summed E-state index contributed by atoms with van der Waals surface area (Å²) in [6.45, 7) is 0. The van der Waals surface area contributed by atoms with Gasteiger partial charge in [-0.3, -0.25) is 0 Å². The van der Waals surface area contributed by atoms with Gasteiger partial charge in [0, 0.05) is 0 Å². The summed E-state index contributed by atoms with van der Waals surface area (Å²) in [5.41, 5.74) is 12.9. The Balaban J connectivity index is 1.63. The summed E-state index contributed by atoms with van der Waals surface area (Å²) in [5, 5.41) is 10.5. The van der Waals surface area contributed by atoms with Gasteiger partial charge in [0.25, 0.3) is 0 Å². The molecule has 1 heteroatoms. The summed E-state index contributed by atoms with van der Waals surface area (Å²) in [6.07, 6.45) is 3.39. The number of benzene rings is 6. The third kappa shape index (κ3) is 6.48. The minimum absolute atomic E-state index is 0.288. The molecule has 0 radical (unpaired) electrons. The van der Waals surface area contributed by atoms with Crippen molar-refractivity contribution in [2.24, 2.45) is 0 Å². The highest BCUT2D eigenvalue weighted by Gasteiger charge is 2.21. The Bertz CT molecular complexity index is 1710. The number of phenolic OH excluding ortho intramolecular Hbond substituents is 1. The van der Waals surface area contributed by atoms with Crippen molar-refractivity contribution >= 4 is 0 Å². The Labute approximate surface area is 243 Å². The molecule has 0 saturated heterocycles. The van der Waals surface area contributed by atoms with Crippen LogP contribution in [-0.2, 0) is 25.7 Å². The van der Waals surface area contributed by atoms with Gasteiger partial charge in [-0.25, -0.2) is 0 Å². The van der Waals surface area contributed by atoms with E-state index in [0.29, 0.717) is 0 Å². The van der Waals surface area contributed by atoms with E-state index in [9.17, 15) is 5.11 Å². The van der Waals surface area contributed by atoms with Crippen LogP contribution in [0.3, 0.4) is 0 Å². The maximum absolute atomic E-state index is 10.5. The van der Waals surface area contributed by atoms with Gasteiger partial charge in [-0.15, -0.1) is 0 Å². The molecule has 6 aromatic rings. The molecule has 0 aliphatic carbocycles. The predicted molar refractivity (Wildman–Crippen MR) is 171 cm³/mol. The molecule has 0 aromatic heterocycles. The summed E-state index contributed by atoms with van der Waals surface area (Å²) >= 11 is 0. The van der Waals surface area contributed by atoms with Crippen LogP contribution in [0.15, 0.2) is 152 Å². The van der Waals surface area contributed by atoms with E-state index in [0.717, 1.165) is 31.2 Å². The lowest BCUT2D eigenvalue weighted by Crippen LogP contribution is -2.10. The normalized spacial score (nSPS) is 10.9. The highest BCUT2D eigenvalue weighted by atomic mass is 16.3. The van der Waals surface area contributed by atoms with E-state index in [2.05, 4.69) is 133 Å². The van der Waals surface area contributed by atoms with Gasteiger partial charge >= 0.3 is 0 Å². The van der Waals surface area contributed by atoms with Crippen molar-refractivity contribution < 1.29 is 5.11 Å². The molecular formula is C40H34O. The fourth-order valence-electron chi connectivity index (χ4n) is 5.83. The summed E-state index contributed by atoms with van der Waals surface area (Å²) in [7, 11) is 0. The molecule has 200 valence electrons. The van der Waals surface area contributed by atoms with Gasteiger partial charge in [-0.2, -0.15) is 0 Å². The molecule has 0 amide bonds. The average Bonchev–Trinajstić information content (AvgIpc) is 3.02. The van der Waals surface area contributed by atoms with Crippen molar-refractivity contribution in [2.75, 3.05) is 0 Å². The van der Waals surface area contributed by atoms with E-state index in [1.165, 1.54) is 50.1 Å². The minimum Gasteiger partial charge on any atom is -0.508 e. The molecule has 41 heavy (non-hydrogen) atoms. The monoisotopic (exact) mass is 530 g/mol. The van der Waals surface area contributed by atoms with Crippen LogP contribution in [0.5, 0.6) is 5.75 Å². The second kappa shape index (κ2) is 12.5. The molecule has 0 bridgehead atoms. The van der Waals surface area contributed by atoms with Gasteiger partial charge in [0.15, 0.2) is 0 Å². The quantitative estimate of drug-likeness (QED) is 0.197. The Morgan fingerprint density at radius 2 is 0.805 bits per heavy atom. The molecular weight excluding hydrogens is 496 g/mol. The molecule has 0 fully saturated rings. The Kier molecular flexibility index (Phi) is 8.05. The van der Waals surface area contributed by atoms with Crippen LogP contribution in [0.1, 0.15) is 44.5 Å². The van der Waals surface area contributed by atoms with Crippen molar-refractivity contribution in [2.45, 2.75) is 25.7 Å². The van der Waals surface area contributed by atoms with Crippen molar-refractivity contribution in [1.82, 2.24) is 0 Å². The molecule has 1 nitrogen and oxygen atoms in total. The van der Waals surface area contributed by atoms with E-state index in [-0.39, 0.29) is 5.75 Å². The van der Waals surface area contributed by atoms with Crippen LogP contribution in [-0.4, -0.2) is 5.11 Å². The first-order chi connectivity index (χ1) is 20.2. The Hall–Kier alpha value is -4.88. The smallest absolute Gasteiger partial charge is 0.116 e. The third-order valence-corrected chi connectivity index (χ3v) is 7.83. The first kappa shape index (κ1) is 26.3. The molecule has 0 atom stereocenters. The standard InChI is InChI=1S/C40H34O/c41-36-23-13-22-34(28-36)38-29-35(24-30-14-5-1-6-15-30)37(25-31-16-7-2-8-17-31)39(26-32-18-9-3-10-19-32)40(38)27-33-20-11-4-12-21-33/h1-23,28-29,41H,24-27H2. The van der Waals surface area contributed by atoms with Crippen molar-refractivity contribution in [3.8, 4) is 16.9 Å². The minimum atomic E-state index is 0.288. The van der Waals surface area contributed by atoms with Gasteiger partial charge in [0.05, 0.1) is 0 Å². The summed E-state index contributed by atoms with van der Waals surface area (Å²) in [4.78, 5) is 0. The first-order valence-electron chi connectivity index (χ1n) is 14.3. The average molecular weight is 531 g/mol. The molecule has 0 spiro atoms. The van der Waals surface area contributed by atoms with Crippen LogP contribution in [0.25, 0.3) is 11.1 Å². The number of phenols is 1. The number of hydrogen-bond acceptors (Lipinski definition) is 1. The summed E-state index contributed by atoms with van der Waals surface area (Å²) in [5.74, 6) is 0.288. The van der Waals surface area contributed by atoms with Crippen molar-refractivity contribution in [3.63, 3.8) is 0 Å². The third-order valence-electron chi connectivity index (χ3n) is 7.83. The van der Waals surface area contributed by atoms with Crippen LogP contribution in [0, 0.1) is 0 Å². The maximum Gasteiger partial charge on any atom is 0.116 e. The zero-order chi connectivity index (χ0) is 27.9. The lowest BCUT2D eigenvalue weighted by Gasteiger charge is -2.24. The van der Waals surface area contributed by atoms with E-state index < -0.39 is 0 Å². The molecule has 0 unspecified atom stereocenters. The molecule has 0 aliphatic rings. The van der Waals surface area contributed by atoms with Crippen molar-refractivity contribution in [1.29, 1.82) is 0 Å². The van der Waals surface area contributed by atoms with E-state index in [1.807, 2.05) is 12.1 Å². The van der Waals surface area contributed by atoms with E-state index >= 15 is 0 Å². The molecule has 1 N–H and O–H groups in total. The SMILES string of the molecule is Oc1cccc(-c2cc(Cc3ccccc3)c(Cc3ccccc3)c(Cc3ccccc3)c2Cc2ccccc2)c1. The van der Waals surface area contributed by atoms with Crippen LogP contribution >= 0.6 is 0 Å². The highest BCUT2D eigenvalue weighted by Crippen LogP contribution is 2.37. The summed E-state index contributed by atoms with van der Waals surface area (Å²) < 4.78 is 0. The Morgan fingerprint density at radius 3 is 1.29 bits per heavy atom. The zero-order valence-electron chi connectivity index (χ0n) is 23.2. The molecule has 0 heterocycles. The van der Waals surface area contributed by atoms with Gasteiger partial charge in [0.1, 0.15) is 5.75 Å². The molecule has 0 saturated carbocycles. The predicted octanol–water partition coefficient (Wildman–Crippen LogP) is 9.42. The topological polar surface area (TPSA) is 20.2 Å². The fraction of sp³-hybridized carbons (Fsp3) is 0.100. The maximum atomic E-state index is 10.5. The number of hydrogen-bond donors (Lipinski definition) is 1. The highest BCUT2D eigenvalue weighted by molar-refractivity contribution is 5.74. The lowest BCUT2D eigenvalue weighted by molar-refractivity contribution is 0.475. The van der Waals surface area contributed by atoms with Crippen LogP contribution in [0.4, 0.5) is 0 Å². The summed E-state index contributed by atoms with van der Waals surface area (Å²) in [6, 6.07) is 53.3. The fourth-order valence-corrected chi connectivity index (χ4v) is 5.83. The second-order valence-electron chi connectivity index (χ2n) is 10.7.